The lowest BCUT2D eigenvalue weighted by Crippen LogP contribution is -2.30. The summed E-state index contributed by atoms with van der Waals surface area (Å²) in [4.78, 5) is 36.9. The third-order valence-corrected chi connectivity index (χ3v) is 5.71. The molecule has 3 rings (SSSR count). The number of amides is 1. The van der Waals surface area contributed by atoms with Crippen LogP contribution in [-0.4, -0.2) is 82.6 Å². The third-order valence-electron chi connectivity index (χ3n) is 5.71. The number of halogens is 6. The van der Waals surface area contributed by atoms with Gasteiger partial charge in [-0.1, -0.05) is 44.2 Å². The fourth-order valence-corrected chi connectivity index (χ4v) is 3.64. The number of aromatic nitrogens is 1. The smallest absolute Gasteiger partial charge is 0.490 e. The highest BCUT2D eigenvalue weighted by atomic mass is 19.4. The third kappa shape index (κ3) is 14.0. The highest BCUT2D eigenvalue weighted by Crippen LogP contribution is 2.35. The first-order valence-electron chi connectivity index (χ1n) is 13.6. The maximum absolute atomic E-state index is 12.6. The van der Waals surface area contributed by atoms with Crippen molar-refractivity contribution in [1.29, 1.82) is 0 Å². The van der Waals surface area contributed by atoms with Gasteiger partial charge in [0.1, 0.15) is 17.0 Å². The van der Waals surface area contributed by atoms with Crippen LogP contribution in [0, 0.1) is 5.92 Å². The average molecular weight is 664 g/mol. The number of rotatable bonds is 10. The van der Waals surface area contributed by atoms with Gasteiger partial charge in [0, 0.05) is 30.1 Å². The molecule has 3 aromatic rings. The molecule has 0 spiro atoms. The molecule has 1 heterocycles. The van der Waals surface area contributed by atoms with Crippen molar-refractivity contribution in [2.75, 3.05) is 27.2 Å². The molecule has 0 aliphatic rings. The van der Waals surface area contributed by atoms with Crippen molar-refractivity contribution in [3.05, 3.63) is 65.9 Å². The summed E-state index contributed by atoms with van der Waals surface area (Å²) in [6.07, 6.45) is -7.16. The highest BCUT2D eigenvalue weighted by molar-refractivity contribution is 5.86. The van der Waals surface area contributed by atoms with E-state index in [1.165, 1.54) is 0 Å². The summed E-state index contributed by atoms with van der Waals surface area (Å²) in [7, 11) is 4.08. The lowest BCUT2D eigenvalue weighted by atomic mass is 9.95. The molecule has 0 bridgehead atoms. The van der Waals surface area contributed by atoms with Crippen molar-refractivity contribution in [1.82, 2.24) is 15.2 Å². The molecular formula is C30H35F6N3O7. The van der Waals surface area contributed by atoms with Crippen molar-refractivity contribution in [2.24, 2.45) is 5.92 Å². The van der Waals surface area contributed by atoms with E-state index in [2.05, 4.69) is 15.2 Å². The summed E-state index contributed by atoms with van der Waals surface area (Å²) in [6.45, 7) is 5.63. The lowest BCUT2D eigenvalue weighted by molar-refractivity contribution is -0.193. The van der Waals surface area contributed by atoms with Crippen molar-refractivity contribution in [3.63, 3.8) is 0 Å². The van der Waals surface area contributed by atoms with Crippen LogP contribution in [0.2, 0.25) is 0 Å². The Kier molecular flexibility index (Phi) is 15.2. The topological polar surface area (TPSA) is 149 Å². The summed E-state index contributed by atoms with van der Waals surface area (Å²) in [5.74, 6) is -4.47. The average Bonchev–Trinajstić information content (AvgIpc) is 2.94. The summed E-state index contributed by atoms with van der Waals surface area (Å²) in [5, 5.41) is 29.2. The van der Waals surface area contributed by atoms with Gasteiger partial charge in [-0.3, -0.25) is 9.78 Å². The van der Waals surface area contributed by atoms with Crippen molar-refractivity contribution in [3.8, 4) is 11.5 Å². The molecule has 0 saturated heterocycles. The van der Waals surface area contributed by atoms with E-state index >= 15 is 0 Å². The van der Waals surface area contributed by atoms with Crippen LogP contribution in [0.25, 0.3) is 10.9 Å². The molecule has 0 aliphatic heterocycles. The predicted octanol–water partition coefficient (Wildman–Crippen LogP) is 5.79. The molecule has 254 valence electrons. The quantitative estimate of drug-likeness (QED) is 0.156. The van der Waals surface area contributed by atoms with E-state index < -0.39 is 30.3 Å². The molecular weight excluding hydrogens is 628 g/mol. The Hall–Kier alpha value is -4.60. The zero-order chi connectivity index (χ0) is 35.2. The summed E-state index contributed by atoms with van der Waals surface area (Å²) in [5.41, 5.74) is 2.01. The van der Waals surface area contributed by atoms with E-state index in [-0.39, 0.29) is 17.6 Å². The van der Waals surface area contributed by atoms with Crippen LogP contribution < -0.4 is 10.1 Å². The van der Waals surface area contributed by atoms with Gasteiger partial charge < -0.3 is 30.3 Å². The molecule has 1 amide bonds. The number of aliphatic carboxylic acids is 2. The van der Waals surface area contributed by atoms with E-state index in [1.54, 1.807) is 6.20 Å². The minimum atomic E-state index is -5.08. The van der Waals surface area contributed by atoms with Gasteiger partial charge in [-0.25, -0.2) is 9.59 Å². The van der Waals surface area contributed by atoms with Crippen LogP contribution >= 0.6 is 0 Å². The molecule has 10 nitrogen and oxygen atoms in total. The molecule has 0 fully saturated rings. The van der Waals surface area contributed by atoms with E-state index in [1.807, 2.05) is 76.5 Å². The second kappa shape index (κ2) is 17.8. The SMILES string of the molecule is CC(C)CC(=O)NC(c1ccc(OCCCN(C)C)cc1)c1ccc2cccnc2c1O.O=C(O)C(F)(F)F.O=C(O)C(F)(F)F. The number of phenols is 1. The standard InChI is InChI=1S/C26H33N3O3.2C2HF3O2/c1-18(2)17-23(30)28-24(22-13-10-19-7-5-14-27-25(19)26(22)31)20-8-11-21(12-9-20)32-16-6-15-29(3)4;2*3-2(4,5)1(6)7/h5,7-14,18,24,31H,6,15-17H2,1-4H3,(H,28,30);2*(H,6,7). The molecule has 16 heteroatoms. The second-order valence-electron chi connectivity index (χ2n) is 10.4. The Labute approximate surface area is 260 Å². The number of phenolic OH excluding ortho intramolecular Hbond substituents is 1. The number of carboxylic acid groups (broad SMARTS) is 2. The van der Waals surface area contributed by atoms with Crippen molar-refractivity contribution in [2.45, 2.75) is 45.1 Å². The lowest BCUT2D eigenvalue weighted by Gasteiger charge is -2.22. The number of ether oxygens (including phenoxy) is 1. The summed E-state index contributed by atoms with van der Waals surface area (Å²) >= 11 is 0. The summed E-state index contributed by atoms with van der Waals surface area (Å²) in [6, 6.07) is 14.7. The normalized spacial score (nSPS) is 12.0. The van der Waals surface area contributed by atoms with Crippen LogP contribution in [0.4, 0.5) is 26.3 Å². The number of alkyl halides is 6. The Morgan fingerprint density at radius 3 is 1.93 bits per heavy atom. The first-order chi connectivity index (χ1) is 21.2. The number of carbonyl (C=O) groups is 3. The monoisotopic (exact) mass is 663 g/mol. The van der Waals surface area contributed by atoms with E-state index in [4.69, 9.17) is 24.5 Å². The van der Waals surface area contributed by atoms with Gasteiger partial charge in [0.15, 0.2) is 0 Å². The molecule has 1 unspecified atom stereocenters. The number of pyridine rings is 1. The van der Waals surface area contributed by atoms with Gasteiger partial charge in [0.05, 0.1) is 12.6 Å². The predicted molar refractivity (Wildman–Crippen MR) is 155 cm³/mol. The highest BCUT2D eigenvalue weighted by Gasteiger charge is 2.38. The van der Waals surface area contributed by atoms with Crippen LogP contribution in [-0.2, 0) is 14.4 Å². The summed E-state index contributed by atoms with van der Waals surface area (Å²) < 4.78 is 69.3. The first-order valence-corrected chi connectivity index (χ1v) is 13.6. The molecule has 1 atom stereocenters. The van der Waals surface area contributed by atoms with Crippen LogP contribution in [0.5, 0.6) is 11.5 Å². The molecule has 4 N–H and O–H groups in total. The maximum Gasteiger partial charge on any atom is 0.490 e. The number of carboxylic acids is 2. The van der Waals surface area contributed by atoms with Gasteiger partial charge >= 0.3 is 24.3 Å². The van der Waals surface area contributed by atoms with E-state index in [0.717, 1.165) is 29.7 Å². The second-order valence-corrected chi connectivity index (χ2v) is 10.4. The van der Waals surface area contributed by atoms with E-state index in [9.17, 15) is 36.2 Å². The Bertz CT molecular complexity index is 1410. The zero-order valence-corrected chi connectivity index (χ0v) is 25.3. The van der Waals surface area contributed by atoms with Gasteiger partial charge in [0.25, 0.3) is 0 Å². The first kappa shape index (κ1) is 39.4. The van der Waals surface area contributed by atoms with E-state index in [0.29, 0.717) is 24.1 Å². The fraction of sp³-hybridized carbons (Fsp3) is 0.400. The Balaban J connectivity index is 0.000000629. The zero-order valence-electron chi connectivity index (χ0n) is 25.3. The van der Waals surface area contributed by atoms with Gasteiger partial charge in [-0.2, -0.15) is 26.3 Å². The molecule has 2 aromatic carbocycles. The van der Waals surface area contributed by atoms with Crippen LogP contribution in [0.15, 0.2) is 54.7 Å². The molecule has 0 aliphatic carbocycles. The van der Waals surface area contributed by atoms with Crippen molar-refractivity contribution < 1.29 is 60.8 Å². The number of nitrogens with zero attached hydrogens (tertiary/aromatic N) is 2. The minimum absolute atomic E-state index is 0.0606. The number of aromatic hydroxyl groups is 1. The van der Waals surface area contributed by atoms with Crippen molar-refractivity contribution >= 4 is 28.7 Å². The fourth-order valence-electron chi connectivity index (χ4n) is 3.64. The maximum atomic E-state index is 12.6. The van der Waals surface area contributed by atoms with Gasteiger partial charge in [-0.05, 0) is 50.2 Å². The Morgan fingerprint density at radius 2 is 1.46 bits per heavy atom. The van der Waals surface area contributed by atoms with Crippen LogP contribution in [0.3, 0.4) is 0 Å². The van der Waals surface area contributed by atoms with Gasteiger partial charge in [0.2, 0.25) is 5.91 Å². The number of hydrogen-bond donors (Lipinski definition) is 4. The largest absolute Gasteiger partial charge is 0.505 e. The molecule has 0 radical (unpaired) electrons. The number of hydrogen-bond acceptors (Lipinski definition) is 7. The number of fused-ring (bicyclic) bond motifs is 1. The Morgan fingerprint density at radius 1 is 0.913 bits per heavy atom. The number of carbonyl (C=O) groups excluding carboxylic acids is 1. The van der Waals surface area contributed by atoms with Gasteiger partial charge in [-0.15, -0.1) is 0 Å². The number of benzene rings is 2. The minimum Gasteiger partial charge on any atom is -0.505 e. The number of nitrogens with one attached hydrogen (secondary N) is 1. The molecule has 46 heavy (non-hydrogen) atoms. The molecule has 1 aromatic heterocycles. The van der Waals surface area contributed by atoms with Crippen LogP contribution in [0.1, 0.15) is 43.9 Å². The molecule has 0 saturated carbocycles.